The molecule has 0 fully saturated rings. The van der Waals surface area contributed by atoms with E-state index in [9.17, 15) is 4.79 Å². The number of carbonyl (C=O) groups excluding carboxylic acids is 1. The average Bonchev–Trinajstić information content (AvgIpc) is 3.06. The van der Waals surface area contributed by atoms with Crippen molar-refractivity contribution in [1.29, 1.82) is 0 Å². The summed E-state index contributed by atoms with van der Waals surface area (Å²) >= 11 is 0. The number of benzene rings is 1. The highest BCUT2D eigenvalue weighted by Crippen LogP contribution is 2.36. The van der Waals surface area contributed by atoms with Gasteiger partial charge >= 0.3 is 0 Å². The Morgan fingerprint density at radius 3 is 2.56 bits per heavy atom. The molecule has 1 aromatic carbocycles. The number of rotatable bonds is 2. The number of nitrogens with zero attached hydrogens (tertiary/aromatic N) is 1. The zero-order valence-corrected chi connectivity index (χ0v) is 9.84. The molecule has 5 heteroatoms. The van der Waals surface area contributed by atoms with Crippen molar-refractivity contribution >= 4 is 5.91 Å². The number of hydrogen-bond donors (Lipinski definition) is 1. The van der Waals surface area contributed by atoms with Crippen LogP contribution in [-0.2, 0) is 0 Å². The van der Waals surface area contributed by atoms with Gasteiger partial charge in [0.1, 0.15) is 0 Å². The van der Waals surface area contributed by atoms with Crippen LogP contribution >= 0.6 is 0 Å². The van der Waals surface area contributed by atoms with Crippen LogP contribution in [0.1, 0.15) is 10.4 Å². The molecule has 1 N–H and O–H groups in total. The molecule has 0 aliphatic carbocycles. The summed E-state index contributed by atoms with van der Waals surface area (Å²) in [5, 5.41) is 2.63. The lowest BCUT2D eigenvalue weighted by molar-refractivity contribution is 0.0962. The van der Waals surface area contributed by atoms with E-state index < -0.39 is 0 Å². The SMILES string of the molecule is CNC(=O)c1cc2c(cc1-n1cccc1)OCO2. The van der Waals surface area contributed by atoms with Crippen molar-refractivity contribution in [2.75, 3.05) is 13.8 Å². The lowest BCUT2D eigenvalue weighted by Crippen LogP contribution is -2.19. The van der Waals surface area contributed by atoms with Gasteiger partial charge in [-0.05, 0) is 18.2 Å². The van der Waals surface area contributed by atoms with E-state index in [1.165, 1.54) is 0 Å². The summed E-state index contributed by atoms with van der Waals surface area (Å²) in [5.74, 6) is 1.10. The summed E-state index contributed by atoms with van der Waals surface area (Å²) in [6.07, 6.45) is 3.76. The zero-order valence-electron chi connectivity index (χ0n) is 9.84. The molecule has 0 spiro atoms. The van der Waals surface area contributed by atoms with E-state index >= 15 is 0 Å². The Balaban J connectivity index is 2.19. The molecule has 0 radical (unpaired) electrons. The highest BCUT2D eigenvalue weighted by atomic mass is 16.7. The van der Waals surface area contributed by atoms with Crippen molar-refractivity contribution in [3.8, 4) is 17.2 Å². The molecule has 1 amide bonds. The highest BCUT2D eigenvalue weighted by molar-refractivity contribution is 5.98. The number of fused-ring (bicyclic) bond motifs is 1. The monoisotopic (exact) mass is 244 g/mol. The van der Waals surface area contributed by atoms with Crippen LogP contribution in [0.5, 0.6) is 11.5 Å². The maximum absolute atomic E-state index is 11.9. The van der Waals surface area contributed by atoms with Gasteiger partial charge in [-0.15, -0.1) is 0 Å². The first-order chi connectivity index (χ1) is 8.79. The normalized spacial score (nSPS) is 12.5. The molecule has 3 rings (SSSR count). The fourth-order valence-corrected chi connectivity index (χ4v) is 1.96. The second kappa shape index (κ2) is 4.10. The average molecular weight is 244 g/mol. The number of amides is 1. The predicted molar refractivity (Wildman–Crippen MR) is 65.3 cm³/mol. The van der Waals surface area contributed by atoms with Gasteiger partial charge in [0.15, 0.2) is 11.5 Å². The van der Waals surface area contributed by atoms with Crippen molar-refractivity contribution in [2.45, 2.75) is 0 Å². The highest BCUT2D eigenvalue weighted by Gasteiger charge is 2.20. The number of hydrogen-bond acceptors (Lipinski definition) is 3. The van der Waals surface area contributed by atoms with Gasteiger partial charge in [0.25, 0.3) is 5.91 Å². The Bertz CT molecular complexity index is 591. The molecule has 0 bridgehead atoms. The van der Waals surface area contributed by atoms with Gasteiger partial charge in [-0.25, -0.2) is 0 Å². The van der Waals surface area contributed by atoms with Crippen LogP contribution in [0.2, 0.25) is 0 Å². The lowest BCUT2D eigenvalue weighted by Gasteiger charge is -2.10. The first kappa shape index (κ1) is 10.7. The fourth-order valence-electron chi connectivity index (χ4n) is 1.96. The minimum atomic E-state index is -0.156. The standard InChI is InChI=1S/C13H12N2O3/c1-14-13(16)9-6-11-12(18-8-17-11)7-10(9)15-4-2-3-5-15/h2-7H,8H2,1H3,(H,14,16). The third-order valence-corrected chi connectivity index (χ3v) is 2.85. The van der Waals surface area contributed by atoms with E-state index in [1.54, 1.807) is 13.1 Å². The molecule has 5 nitrogen and oxygen atoms in total. The summed E-state index contributed by atoms with van der Waals surface area (Å²) in [6, 6.07) is 7.32. The van der Waals surface area contributed by atoms with Gasteiger partial charge < -0.3 is 19.4 Å². The molecule has 2 aromatic rings. The van der Waals surface area contributed by atoms with Crippen LogP contribution in [0, 0.1) is 0 Å². The number of nitrogens with one attached hydrogen (secondary N) is 1. The predicted octanol–water partition coefficient (Wildman–Crippen LogP) is 1.57. The minimum absolute atomic E-state index is 0.156. The third kappa shape index (κ3) is 1.60. The Morgan fingerprint density at radius 2 is 1.89 bits per heavy atom. The smallest absolute Gasteiger partial charge is 0.253 e. The van der Waals surface area contributed by atoms with Crippen LogP contribution in [-0.4, -0.2) is 24.3 Å². The first-order valence-electron chi connectivity index (χ1n) is 5.58. The van der Waals surface area contributed by atoms with E-state index in [4.69, 9.17) is 9.47 Å². The quantitative estimate of drug-likeness (QED) is 0.872. The van der Waals surface area contributed by atoms with Crippen LogP contribution < -0.4 is 14.8 Å². The van der Waals surface area contributed by atoms with Crippen molar-refractivity contribution in [1.82, 2.24) is 9.88 Å². The van der Waals surface area contributed by atoms with Crippen LogP contribution in [0.15, 0.2) is 36.7 Å². The molecule has 2 heterocycles. The first-order valence-corrected chi connectivity index (χ1v) is 5.58. The molecule has 1 aliphatic rings. The fraction of sp³-hybridized carbons (Fsp3) is 0.154. The van der Waals surface area contributed by atoms with Crippen molar-refractivity contribution < 1.29 is 14.3 Å². The van der Waals surface area contributed by atoms with Gasteiger partial charge in [-0.1, -0.05) is 0 Å². The third-order valence-electron chi connectivity index (χ3n) is 2.85. The second-order valence-corrected chi connectivity index (χ2v) is 3.89. The summed E-state index contributed by atoms with van der Waals surface area (Å²) in [5.41, 5.74) is 1.32. The van der Waals surface area contributed by atoms with E-state index in [0.29, 0.717) is 17.1 Å². The van der Waals surface area contributed by atoms with Crippen molar-refractivity contribution in [2.24, 2.45) is 0 Å². The van der Waals surface area contributed by atoms with Gasteiger partial charge in [0.2, 0.25) is 6.79 Å². The van der Waals surface area contributed by atoms with Crippen molar-refractivity contribution in [3.05, 3.63) is 42.2 Å². The number of ether oxygens (including phenoxy) is 2. The Labute approximate surface area is 104 Å². The summed E-state index contributed by atoms with van der Waals surface area (Å²) in [4.78, 5) is 11.9. The molecular weight excluding hydrogens is 232 g/mol. The van der Waals surface area contributed by atoms with E-state index in [2.05, 4.69) is 5.32 Å². The topological polar surface area (TPSA) is 52.5 Å². The summed E-state index contributed by atoms with van der Waals surface area (Å²) in [7, 11) is 1.60. The Hall–Kier alpha value is -2.43. The maximum Gasteiger partial charge on any atom is 0.253 e. The second-order valence-electron chi connectivity index (χ2n) is 3.89. The Kier molecular flexibility index (Phi) is 2.44. The van der Waals surface area contributed by atoms with Crippen LogP contribution in [0.25, 0.3) is 5.69 Å². The molecule has 0 saturated carbocycles. The van der Waals surface area contributed by atoms with Gasteiger partial charge in [0, 0.05) is 25.5 Å². The largest absolute Gasteiger partial charge is 0.454 e. The van der Waals surface area contributed by atoms with E-state index in [1.807, 2.05) is 35.2 Å². The molecule has 0 atom stereocenters. The maximum atomic E-state index is 11.9. The molecule has 92 valence electrons. The Morgan fingerprint density at radius 1 is 1.22 bits per heavy atom. The van der Waals surface area contributed by atoms with Gasteiger partial charge in [0.05, 0.1) is 11.3 Å². The summed E-state index contributed by atoms with van der Waals surface area (Å²) in [6.45, 7) is 0.192. The summed E-state index contributed by atoms with van der Waals surface area (Å²) < 4.78 is 12.5. The number of aromatic nitrogens is 1. The lowest BCUT2D eigenvalue weighted by atomic mass is 10.1. The van der Waals surface area contributed by atoms with Crippen molar-refractivity contribution in [3.63, 3.8) is 0 Å². The molecule has 0 saturated heterocycles. The molecular formula is C13H12N2O3. The molecule has 0 unspecified atom stereocenters. The minimum Gasteiger partial charge on any atom is -0.454 e. The zero-order chi connectivity index (χ0) is 12.5. The molecule has 18 heavy (non-hydrogen) atoms. The number of carbonyl (C=O) groups is 1. The van der Waals surface area contributed by atoms with E-state index in [-0.39, 0.29) is 12.7 Å². The molecule has 1 aromatic heterocycles. The van der Waals surface area contributed by atoms with Crippen LogP contribution in [0.3, 0.4) is 0 Å². The van der Waals surface area contributed by atoms with Crippen LogP contribution in [0.4, 0.5) is 0 Å². The van der Waals surface area contributed by atoms with Gasteiger partial charge in [-0.2, -0.15) is 0 Å². The van der Waals surface area contributed by atoms with Gasteiger partial charge in [-0.3, -0.25) is 4.79 Å². The van der Waals surface area contributed by atoms with E-state index in [0.717, 1.165) is 5.69 Å². The molecule has 1 aliphatic heterocycles.